The molecule has 1 aromatic heterocycles. The number of benzene rings is 2. The number of carbonyl (C=O) groups excluding carboxylic acids is 2. The largest absolute Gasteiger partial charge is 0.508 e. The summed E-state index contributed by atoms with van der Waals surface area (Å²) in [7, 11) is 3.07. The number of hydrogen-bond acceptors (Lipinski definition) is 7. The van der Waals surface area contributed by atoms with E-state index in [0.717, 1.165) is 0 Å². The maximum atomic E-state index is 12.9. The Morgan fingerprint density at radius 1 is 0.944 bits per heavy atom. The first-order chi connectivity index (χ1) is 17.1. The van der Waals surface area contributed by atoms with Crippen LogP contribution in [0, 0.1) is 0 Å². The smallest absolute Gasteiger partial charge is 0.414 e. The summed E-state index contributed by atoms with van der Waals surface area (Å²) in [6, 6.07) is 16.7. The molecule has 0 aliphatic carbocycles. The highest BCUT2D eigenvalue weighted by Crippen LogP contribution is 2.30. The molecule has 2 N–H and O–H groups in total. The molecule has 0 radical (unpaired) electrons. The maximum Gasteiger partial charge on any atom is 0.414 e. The van der Waals surface area contributed by atoms with Gasteiger partial charge in [0.25, 0.3) is 0 Å². The molecule has 1 heterocycles. The molecule has 190 valence electrons. The zero-order valence-corrected chi connectivity index (χ0v) is 21.1. The van der Waals surface area contributed by atoms with Crippen molar-refractivity contribution in [3.05, 3.63) is 60.7 Å². The van der Waals surface area contributed by atoms with E-state index in [1.165, 1.54) is 24.1 Å². The number of anilines is 2. The van der Waals surface area contributed by atoms with E-state index >= 15 is 0 Å². The van der Waals surface area contributed by atoms with Gasteiger partial charge in [-0.3, -0.25) is 9.69 Å². The average molecular weight is 494 g/mol. The van der Waals surface area contributed by atoms with Crippen molar-refractivity contribution < 1.29 is 28.9 Å². The number of aromatic nitrogens is 1. The number of phenols is 1. The standard InChI is InChI=1S/C27H31N3O6/c1-27(2,3)36-26(33)30(19-8-12-21(34-4)13-9-19)17-16-23(32)28-22-14-15-24(35-5)29-25(22)18-6-10-20(31)11-7-18/h6-15,31H,16-17H2,1-5H3,(H,28,32). The average Bonchev–Trinajstić information content (AvgIpc) is 2.84. The molecule has 0 aliphatic heterocycles. The molecule has 0 spiro atoms. The number of aromatic hydroxyl groups is 1. The van der Waals surface area contributed by atoms with E-state index in [9.17, 15) is 14.7 Å². The Labute approximate surface area is 210 Å². The number of nitrogens with one attached hydrogen (secondary N) is 1. The van der Waals surface area contributed by atoms with E-state index < -0.39 is 11.7 Å². The fourth-order valence-electron chi connectivity index (χ4n) is 3.33. The van der Waals surface area contributed by atoms with Gasteiger partial charge in [-0.2, -0.15) is 0 Å². The third kappa shape index (κ3) is 7.11. The highest BCUT2D eigenvalue weighted by atomic mass is 16.6. The number of ether oxygens (including phenoxy) is 3. The monoisotopic (exact) mass is 493 g/mol. The summed E-state index contributed by atoms with van der Waals surface area (Å²) in [4.78, 5) is 31.7. The topological polar surface area (TPSA) is 110 Å². The molecule has 0 bridgehead atoms. The second kappa shape index (κ2) is 11.4. The zero-order chi connectivity index (χ0) is 26.3. The molecule has 9 nitrogen and oxygen atoms in total. The Balaban J connectivity index is 1.79. The van der Waals surface area contributed by atoms with Crippen LogP contribution in [0.3, 0.4) is 0 Å². The molecule has 0 aliphatic rings. The van der Waals surface area contributed by atoms with Gasteiger partial charge in [0.15, 0.2) is 0 Å². The number of carbonyl (C=O) groups is 2. The fraction of sp³-hybridized carbons (Fsp3) is 0.296. The SMILES string of the molecule is COc1ccc(N(CCC(=O)Nc2ccc(OC)nc2-c2ccc(O)cc2)C(=O)OC(C)(C)C)cc1. The van der Waals surface area contributed by atoms with Gasteiger partial charge in [0, 0.05) is 30.3 Å². The summed E-state index contributed by atoms with van der Waals surface area (Å²) in [5.41, 5.74) is 1.53. The van der Waals surface area contributed by atoms with Crippen LogP contribution in [0.15, 0.2) is 60.7 Å². The van der Waals surface area contributed by atoms with E-state index in [4.69, 9.17) is 14.2 Å². The molecule has 2 aromatic carbocycles. The highest BCUT2D eigenvalue weighted by molar-refractivity contribution is 5.96. The summed E-state index contributed by atoms with van der Waals surface area (Å²) in [5.74, 6) is 0.832. The molecule has 0 fully saturated rings. The quantitative estimate of drug-likeness (QED) is 0.441. The van der Waals surface area contributed by atoms with Crippen molar-refractivity contribution in [1.29, 1.82) is 0 Å². The van der Waals surface area contributed by atoms with Gasteiger partial charge in [-0.1, -0.05) is 0 Å². The van der Waals surface area contributed by atoms with Crippen molar-refractivity contribution in [1.82, 2.24) is 4.98 Å². The molecule has 0 atom stereocenters. The lowest BCUT2D eigenvalue weighted by Crippen LogP contribution is -2.38. The zero-order valence-electron chi connectivity index (χ0n) is 21.1. The second-order valence-electron chi connectivity index (χ2n) is 8.92. The number of pyridine rings is 1. The number of methoxy groups -OCH3 is 2. The van der Waals surface area contributed by atoms with Gasteiger partial charge in [-0.25, -0.2) is 9.78 Å². The summed E-state index contributed by atoms with van der Waals surface area (Å²) in [5, 5.41) is 12.5. The first-order valence-electron chi connectivity index (χ1n) is 11.4. The minimum Gasteiger partial charge on any atom is -0.508 e. The summed E-state index contributed by atoms with van der Waals surface area (Å²) in [6.45, 7) is 5.44. The number of amides is 2. The van der Waals surface area contributed by atoms with Crippen molar-refractivity contribution >= 4 is 23.4 Å². The van der Waals surface area contributed by atoms with E-state index in [0.29, 0.717) is 34.3 Å². The number of nitrogens with zero attached hydrogens (tertiary/aromatic N) is 2. The molecule has 0 unspecified atom stereocenters. The Hall–Kier alpha value is -4.27. The summed E-state index contributed by atoms with van der Waals surface area (Å²) < 4.78 is 16.0. The molecule has 2 amide bonds. The van der Waals surface area contributed by atoms with Crippen molar-refractivity contribution in [2.45, 2.75) is 32.8 Å². The van der Waals surface area contributed by atoms with Crippen LogP contribution >= 0.6 is 0 Å². The van der Waals surface area contributed by atoms with E-state index in [1.54, 1.807) is 76.4 Å². The van der Waals surface area contributed by atoms with Crippen LogP contribution in [0.5, 0.6) is 17.4 Å². The minimum absolute atomic E-state index is 0.00627. The molecular formula is C27H31N3O6. The molecule has 3 aromatic rings. The first-order valence-corrected chi connectivity index (χ1v) is 11.4. The van der Waals surface area contributed by atoms with Crippen LogP contribution in [0.2, 0.25) is 0 Å². The van der Waals surface area contributed by atoms with Crippen LogP contribution in [0.4, 0.5) is 16.2 Å². The van der Waals surface area contributed by atoms with E-state index in [2.05, 4.69) is 10.3 Å². The lowest BCUT2D eigenvalue weighted by Gasteiger charge is -2.27. The van der Waals surface area contributed by atoms with Crippen LogP contribution < -0.4 is 19.7 Å². The fourth-order valence-corrected chi connectivity index (χ4v) is 3.33. The summed E-state index contributed by atoms with van der Waals surface area (Å²) in [6.07, 6.45) is -0.553. The van der Waals surface area contributed by atoms with Crippen LogP contribution in [0.1, 0.15) is 27.2 Å². The third-order valence-corrected chi connectivity index (χ3v) is 5.05. The van der Waals surface area contributed by atoms with Crippen molar-refractivity contribution in [3.8, 4) is 28.6 Å². The molecule has 9 heteroatoms. The Morgan fingerprint density at radius 2 is 1.61 bits per heavy atom. The Bertz CT molecular complexity index is 1190. The summed E-state index contributed by atoms with van der Waals surface area (Å²) >= 11 is 0. The first kappa shape index (κ1) is 26.3. The van der Waals surface area contributed by atoms with Gasteiger partial charge in [0.05, 0.1) is 25.6 Å². The predicted molar refractivity (Wildman–Crippen MR) is 138 cm³/mol. The second-order valence-corrected chi connectivity index (χ2v) is 8.92. The molecule has 3 rings (SSSR count). The maximum absolute atomic E-state index is 12.9. The normalized spacial score (nSPS) is 10.9. The van der Waals surface area contributed by atoms with Gasteiger partial charge in [0.1, 0.15) is 17.1 Å². The number of phenolic OH excluding ortho intramolecular Hbond substituents is 1. The predicted octanol–water partition coefficient (Wildman–Crippen LogP) is 5.24. The molecule has 0 saturated heterocycles. The lowest BCUT2D eigenvalue weighted by molar-refractivity contribution is -0.116. The number of rotatable bonds is 8. The highest BCUT2D eigenvalue weighted by Gasteiger charge is 2.24. The van der Waals surface area contributed by atoms with Crippen LogP contribution in [0.25, 0.3) is 11.3 Å². The third-order valence-electron chi connectivity index (χ3n) is 5.05. The number of hydrogen-bond donors (Lipinski definition) is 2. The van der Waals surface area contributed by atoms with Gasteiger partial charge < -0.3 is 24.6 Å². The molecule has 0 saturated carbocycles. The minimum atomic E-state index is -0.697. The van der Waals surface area contributed by atoms with E-state index in [-0.39, 0.29) is 24.6 Å². The molecular weight excluding hydrogens is 462 g/mol. The molecule has 36 heavy (non-hydrogen) atoms. The van der Waals surface area contributed by atoms with E-state index in [1.807, 2.05) is 0 Å². The van der Waals surface area contributed by atoms with Gasteiger partial charge in [-0.15, -0.1) is 0 Å². The Kier molecular flexibility index (Phi) is 8.37. The van der Waals surface area contributed by atoms with Gasteiger partial charge in [-0.05, 0) is 75.4 Å². The van der Waals surface area contributed by atoms with Crippen molar-refractivity contribution in [2.24, 2.45) is 0 Å². The van der Waals surface area contributed by atoms with Gasteiger partial charge in [0.2, 0.25) is 11.8 Å². The van der Waals surface area contributed by atoms with Crippen LogP contribution in [-0.4, -0.2) is 48.5 Å². The lowest BCUT2D eigenvalue weighted by atomic mass is 10.1. The van der Waals surface area contributed by atoms with Crippen molar-refractivity contribution in [3.63, 3.8) is 0 Å². The van der Waals surface area contributed by atoms with Crippen LogP contribution in [-0.2, 0) is 9.53 Å². The Morgan fingerprint density at radius 3 is 2.19 bits per heavy atom. The van der Waals surface area contributed by atoms with Gasteiger partial charge >= 0.3 is 6.09 Å². The van der Waals surface area contributed by atoms with Crippen molar-refractivity contribution in [2.75, 3.05) is 31.0 Å².